The van der Waals surface area contributed by atoms with Gasteiger partial charge >= 0.3 is 0 Å². The summed E-state index contributed by atoms with van der Waals surface area (Å²) in [5.41, 5.74) is 7.51. The number of nitrogens with zero attached hydrogens (tertiary/aromatic N) is 2. The van der Waals surface area contributed by atoms with Crippen LogP contribution in [0.3, 0.4) is 0 Å². The van der Waals surface area contributed by atoms with Gasteiger partial charge in [0.25, 0.3) is 5.56 Å². The monoisotopic (exact) mass is 484 g/mol. The van der Waals surface area contributed by atoms with Crippen molar-refractivity contribution in [2.75, 3.05) is 0 Å². The van der Waals surface area contributed by atoms with E-state index in [0.717, 1.165) is 0 Å². The number of halogens is 2. The van der Waals surface area contributed by atoms with Gasteiger partial charge < -0.3 is 5.73 Å². The fourth-order valence-corrected chi connectivity index (χ4v) is 4.15. The maximum atomic E-state index is 14.1. The van der Waals surface area contributed by atoms with E-state index in [2.05, 4.69) is 5.10 Å². The largest absolute Gasteiger partial charge is 0.326 e. The summed E-state index contributed by atoms with van der Waals surface area (Å²) in [5, 5.41) is 9.90. The molecule has 10 heteroatoms. The molecule has 0 radical (unpaired) electrons. The minimum absolute atomic E-state index is 0.0500. The number of rotatable bonds is 5. The van der Waals surface area contributed by atoms with E-state index < -0.39 is 21.4 Å². The molecule has 0 spiro atoms. The average molecular weight is 485 g/mol. The smallest absolute Gasteiger partial charge is 0.280 e. The highest BCUT2D eigenvalue weighted by Gasteiger charge is 2.18. The molecule has 0 aliphatic carbocycles. The van der Waals surface area contributed by atoms with E-state index in [1.54, 1.807) is 24.3 Å². The lowest BCUT2D eigenvalue weighted by atomic mass is 9.96. The third-order valence-corrected chi connectivity index (χ3v) is 6.24. The van der Waals surface area contributed by atoms with Crippen LogP contribution in [0, 0.1) is 5.82 Å². The Bertz CT molecular complexity index is 1520. The van der Waals surface area contributed by atoms with E-state index in [1.165, 1.54) is 53.3 Å². The van der Waals surface area contributed by atoms with Crippen LogP contribution in [0.15, 0.2) is 82.6 Å². The van der Waals surface area contributed by atoms with Crippen LogP contribution in [-0.2, 0) is 16.6 Å². The minimum atomic E-state index is -3.88. The molecule has 0 saturated carbocycles. The molecule has 4 rings (SSSR count). The number of aromatic nitrogens is 2. The highest BCUT2D eigenvalue weighted by atomic mass is 35.5. The summed E-state index contributed by atoms with van der Waals surface area (Å²) in [5.74, 6) is -0.482. The van der Waals surface area contributed by atoms with Gasteiger partial charge in [0.15, 0.2) is 0 Å². The van der Waals surface area contributed by atoms with Crippen LogP contribution in [0.2, 0.25) is 5.02 Å². The Morgan fingerprint density at radius 2 is 1.70 bits per heavy atom. The molecule has 0 amide bonds. The van der Waals surface area contributed by atoms with Gasteiger partial charge in [-0.2, -0.15) is 9.78 Å². The number of sulfonamides is 1. The highest BCUT2D eigenvalue weighted by molar-refractivity contribution is 7.89. The van der Waals surface area contributed by atoms with Crippen molar-refractivity contribution in [2.45, 2.75) is 11.4 Å². The summed E-state index contributed by atoms with van der Waals surface area (Å²) >= 11 is 6.08. The van der Waals surface area contributed by atoms with Gasteiger partial charge in [0.05, 0.1) is 22.3 Å². The van der Waals surface area contributed by atoms with Crippen LogP contribution in [-0.4, -0.2) is 18.2 Å². The lowest BCUT2D eigenvalue weighted by molar-refractivity contribution is 0.598. The maximum Gasteiger partial charge on any atom is 0.280 e. The van der Waals surface area contributed by atoms with Gasteiger partial charge in [-0.1, -0.05) is 35.9 Å². The molecule has 0 saturated heterocycles. The van der Waals surface area contributed by atoms with Gasteiger partial charge in [0.2, 0.25) is 10.0 Å². The predicted octanol–water partition coefficient (Wildman–Crippen LogP) is 3.47. The molecule has 7 nitrogen and oxygen atoms in total. The van der Waals surface area contributed by atoms with Gasteiger partial charge in [-0.25, -0.2) is 17.9 Å². The molecular formula is C23H18ClFN4O3S. The lowest BCUT2D eigenvalue weighted by Crippen LogP contribution is -2.23. The molecule has 0 fully saturated rings. The molecular weight excluding hydrogens is 467 g/mol. The number of hydrogen-bond acceptors (Lipinski definition) is 5. The Morgan fingerprint density at radius 1 is 1.00 bits per heavy atom. The van der Waals surface area contributed by atoms with E-state index >= 15 is 0 Å². The van der Waals surface area contributed by atoms with Crippen LogP contribution in [0.4, 0.5) is 4.39 Å². The first-order valence-electron chi connectivity index (χ1n) is 9.69. The quantitative estimate of drug-likeness (QED) is 0.449. The molecule has 0 atom stereocenters. The summed E-state index contributed by atoms with van der Waals surface area (Å²) in [6, 6.07) is 16.6. The molecule has 33 heavy (non-hydrogen) atoms. The Kier molecular flexibility index (Phi) is 6.13. The molecule has 4 aromatic rings. The highest BCUT2D eigenvalue weighted by Crippen LogP contribution is 2.31. The van der Waals surface area contributed by atoms with Crippen LogP contribution >= 0.6 is 11.6 Å². The minimum Gasteiger partial charge on any atom is -0.326 e. The maximum absolute atomic E-state index is 14.1. The first-order chi connectivity index (χ1) is 15.7. The van der Waals surface area contributed by atoms with Crippen LogP contribution in [0.5, 0.6) is 0 Å². The first-order valence-corrected chi connectivity index (χ1v) is 11.6. The fourth-order valence-electron chi connectivity index (χ4n) is 3.45. The summed E-state index contributed by atoms with van der Waals surface area (Å²) < 4.78 is 38.5. The number of hydrogen-bond donors (Lipinski definition) is 2. The first kappa shape index (κ1) is 22.8. The van der Waals surface area contributed by atoms with Gasteiger partial charge in [-0.3, -0.25) is 4.79 Å². The molecule has 0 aliphatic rings. The van der Waals surface area contributed by atoms with E-state index in [9.17, 15) is 17.6 Å². The summed E-state index contributed by atoms with van der Waals surface area (Å²) in [6.45, 7) is -0.0500. The summed E-state index contributed by atoms with van der Waals surface area (Å²) in [6.07, 6.45) is 1.48. The third kappa shape index (κ3) is 4.57. The molecule has 0 aliphatic heterocycles. The fraction of sp³-hybridized carbons (Fsp3) is 0.0435. The predicted molar refractivity (Wildman–Crippen MR) is 125 cm³/mol. The van der Waals surface area contributed by atoms with Crippen molar-refractivity contribution in [3.8, 4) is 27.9 Å². The van der Waals surface area contributed by atoms with Crippen LogP contribution < -0.4 is 16.4 Å². The Balaban J connectivity index is 1.99. The molecule has 1 heterocycles. The molecule has 0 unspecified atom stereocenters. The molecule has 4 N–H and O–H groups in total. The SMILES string of the molecule is NCc1cc(-c2c(-c3ccc(S(N)(=O)=O)cc3)cnn(-c3cccc(Cl)c3)c2=O)ccc1F. The zero-order valence-corrected chi connectivity index (χ0v) is 18.6. The Hall–Kier alpha value is -3.37. The molecule has 3 aromatic carbocycles. The van der Waals surface area contributed by atoms with Crippen molar-refractivity contribution in [1.82, 2.24) is 9.78 Å². The van der Waals surface area contributed by atoms with Gasteiger partial charge in [-0.05, 0) is 53.6 Å². The second-order valence-electron chi connectivity index (χ2n) is 7.21. The zero-order valence-electron chi connectivity index (χ0n) is 17.1. The summed E-state index contributed by atoms with van der Waals surface area (Å²) in [7, 11) is -3.88. The Morgan fingerprint density at radius 3 is 2.33 bits per heavy atom. The van der Waals surface area contributed by atoms with E-state index in [1.807, 2.05) is 0 Å². The van der Waals surface area contributed by atoms with Crippen molar-refractivity contribution >= 4 is 21.6 Å². The zero-order chi connectivity index (χ0) is 23.8. The average Bonchev–Trinajstić information content (AvgIpc) is 2.79. The molecule has 1 aromatic heterocycles. The lowest BCUT2D eigenvalue weighted by Gasteiger charge is -2.14. The third-order valence-electron chi connectivity index (χ3n) is 5.08. The standard InChI is InChI=1S/C23H18ClFN4O3S/c24-17-2-1-3-18(11-17)29-23(30)22(15-6-9-21(25)16(10-15)12-26)20(13-28-29)14-4-7-19(8-5-14)33(27,31)32/h1-11,13H,12,26H2,(H2,27,31,32). The van der Waals surface area contributed by atoms with Crippen molar-refractivity contribution in [3.63, 3.8) is 0 Å². The van der Waals surface area contributed by atoms with Crippen molar-refractivity contribution in [3.05, 3.63) is 99.7 Å². The Labute approximate surface area is 194 Å². The molecule has 168 valence electrons. The van der Waals surface area contributed by atoms with Crippen LogP contribution in [0.1, 0.15) is 5.56 Å². The van der Waals surface area contributed by atoms with Gasteiger partial charge in [-0.15, -0.1) is 0 Å². The number of nitrogens with two attached hydrogens (primary N) is 2. The van der Waals surface area contributed by atoms with Crippen molar-refractivity contribution < 1.29 is 12.8 Å². The van der Waals surface area contributed by atoms with Crippen LogP contribution in [0.25, 0.3) is 27.9 Å². The molecule has 0 bridgehead atoms. The summed E-state index contributed by atoms with van der Waals surface area (Å²) in [4.78, 5) is 13.5. The van der Waals surface area contributed by atoms with Gasteiger partial charge in [0, 0.05) is 22.7 Å². The van der Waals surface area contributed by atoms with E-state index in [0.29, 0.717) is 27.4 Å². The van der Waals surface area contributed by atoms with Crippen molar-refractivity contribution in [2.24, 2.45) is 10.9 Å². The number of benzene rings is 3. The van der Waals surface area contributed by atoms with E-state index in [4.69, 9.17) is 22.5 Å². The van der Waals surface area contributed by atoms with Gasteiger partial charge in [0.1, 0.15) is 5.82 Å². The second kappa shape index (κ2) is 8.87. The normalized spacial score (nSPS) is 11.5. The van der Waals surface area contributed by atoms with E-state index in [-0.39, 0.29) is 22.6 Å². The number of primary sulfonamides is 1. The topological polar surface area (TPSA) is 121 Å². The second-order valence-corrected chi connectivity index (χ2v) is 9.21. The van der Waals surface area contributed by atoms with Crippen molar-refractivity contribution in [1.29, 1.82) is 0 Å².